The number of nitrogens with one attached hydrogen (secondary N) is 1. The summed E-state index contributed by atoms with van der Waals surface area (Å²) in [6.07, 6.45) is 4.71. The molecule has 0 unspecified atom stereocenters. The van der Waals surface area contributed by atoms with Crippen molar-refractivity contribution < 1.29 is 4.39 Å². The van der Waals surface area contributed by atoms with Crippen molar-refractivity contribution in [3.8, 4) is 11.5 Å². The van der Waals surface area contributed by atoms with E-state index in [2.05, 4.69) is 25.3 Å². The van der Waals surface area contributed by atoms with Crippen molar-refractivity contribution in [1.29, 1.82) is 0 Å². The van der Waals surface area contributed by atoms with Crippen molar-refractivity contribution in [3.63, 3.8) is 0 Å². The molecule has 0 bridgehead atoms. The normalized spacial score (nSPS) is 10.9. The molecule has 0 fully saturated rings. The van der Waals surface area contributed by atoms with Gasteiger partial charge in [-0.25, -0.2) is 19.3 Å². The first kappa shape index (κ1) is 16.6. The zero-order valence-electron chi connectivity index (χ0n) is 13.1. The SMILES string of the molecule is Fc1ccc(Nc2nc(-c3cnccn3)nc3cc(Cl)ccc23)cc1Cl. The molecule has 8 heteroatoms. The van der Waals surface area contributed by atoms with Gasteiger partial charge in [-0.15, -0.1) is 0 Å². The van der Waals surface area contributed by atoms with Crippen LogP contribution in [0, 0.1) is 5.82 Å². The van der Waals surface area contributed by atoms with Crippen LogP contribution >= 0.6 is 23.2 Å². The molecule has 0 aliphatic carbocycles. The number of hydrogen-bond donors (Lipinski definition) is 1. The molecule has 2 aromatic carbocycles. The summed E-state index contributed by atoms with van der Waals surface area (Å²) in [6, 6.07) is 9.65. The second kappa shape index (κ2) is 6.82. The summed E-state index contributed by atoms with van der Waals surface area (Å²) in [5, 5.41) is 4.48. The lowest BCUT2D eigenvalue weighted by Gasteiger charge is -2.11. The topological polar surface area (TPSA) is 63.6 Å². The number of anilines is 2. The predicted molar refractivity (Wildman–Crippen MR) is 100 cm³/mol. The van der Waals surface area contributed by atoms with Crippen LogP contribution in [0.15, 0.2) is 55.0 Å². The molecule has 26 heavy (non-hydrogen) atoms. The van der Waals surface area contributed by atoms with Crippen LogP contribution in [-0.2, 0) is 0 Å². The summed E-state index contributed by atoms with van der Waals surface area (Å²) in [7, 11) is 0. The number of rotatable bonds is 3. The number of nitrogens with zero attached hydrogens (tertiary/aromatic N) is 4. The number of aromatic nitrogens is 4. The minimum Gasteiger partial charge on any atom is -0.340 e. The third kappa shape index (κ3) is 3.29. The van der Waals surface area contributed by atoms with E-state index in [-0.39, 0.29) is 5.02 Å². The van der Waals surface area contributed by atoms with Gasteiger partial charge in [-0.3, -0.25) is 4.98 Å². The second-order valence-corrected chi connectivity index (χ2v) is 6.25. The van der Waals surface area contributed by atoms with E-state index in [1.54, 1.807) is 36.8 Å². The molecule has 0 saturated carbocycles. The maximum Gasteiger partial charge on any atom is 0.182 e. The fourth-order valence-electron chi connectivity index (χ4n) is 2.44. The molecule has 5 nitrogen and oxygen atoms in total. The fourth-order valence-corrected chi connectivity index (χ4v) is 2.78. The van der Waals surface area contributed by atoms with Crippen LogP contribution in [0.4, 0.5) is 15.9 Å². The smallest absolute Gasteiger partial charge is 0.182 e. The van der Waals surface area contributed by atoms with Gasteiger partial charge >= 0.3 is 0 Å². The van der Waals surface area contributed by atoms with E-state index in [1.165, 1.54) is 12.1 Å². The van der Waals surface area contributed by atoms with Crippen LogP contribution in [0.3, 0.4) is 0 Å². The average molecular weight is 386 g/mol. The Morgan fingerprint density at radius 1 is 0.962 bits per heavy atom. The van der Waals surface area contributed by atoms with Crippen LogP contribution in [0.5, 0.6) is 0 Å². The minimum absolute atomic E-state index is 0.0190. The Morgan fingerprint density at radius 2 is 1.85 bits per heavy atom. The number of hydrogen-bond acceptors (Lipinski definition) is 5. The Kier molecular flexibility index (Phi) is 4.36. The molecular formula is C18H10Cl2FN5. The number of halogens is 3. The summed E-state index contributed by atoms with van der Waals surface area (Å²) in [5.41, 5.74) is 1.76. The third-order valence-electron chi connectivity index (χ3n) is 3.63. The van der Waals surface area contributed by atoms with E-state index >= 15 is 0 Å². The summed E-state index contributed by atoms with van der Waals surface area (Å²) < 4.78 is 13.4. The molecule has 128 valence electrons. The minimum atomic E-state index is -0.489. The summed E-state index contributed by atoms with van der Waals surface area (Å²) in [4.78, 5) is 17.3. The molecule has 0 amide bonds. The van der Waals surface area contributed by atoms with Gasteiger partial charge in [0, 0.05) is 28.5 Å². The van der Waals surface area contributed by atoms with Crippen LogP contribution < -0.4 is 5.32 Å². The standard InChI is InChI=1S/C18H10Cl2FN5/c19-10-1-3-12-15(7-10)25-18(16-9-22-5-6-23-16)26-17(12)24-11-2-4-14(21)13(20)8-11/h1-9H,(H,24,25,26). The van der Waals surface area contributed by atoms with Crippen LogP contribution in [0.25, 0.3) is 22.4 Å². The molecule has 2 heterocycles. The van der Waals surface area contributed by atoms with Gasteiger partial charge in [0.25, 0.3) is 0 Å². The highest BCUT2D eigenvalue weighted by Crippen LogP contribution is 2.29. The Hall–Kier alpha value is -2.83. The van der Waals surface area contributed by atoms with E-state index in [0.717, 1.165) is 5.39 Å². The van der Waals surface area contributed by atoms with Gasteiger partial charge < -0.3 is 5.32 Å². The summed E-state index contributed by atoms with van der Waals surface area (Å²) in [5.74, 6) is 0.426. The van der Waals surface area contributed by atoms with E-state index in [0.29, 0.717) is 33.6 Å². The second-order valence-electron chi connectivity index (χ2n) is 5.40. The molecule has 0 aliphatic heterocycles. The first-order chi connectivity index (χ1) is 12.6. The molecule has 0 atom stereocenters. The first-order valence-corrected chi connectivity index (χ1v) is 8.31. The molecule has 0 aliphatic rings. The van der Waals surface area contributed by atoms with Gasteiger partial charge in [0.2, 0.25) is 0 Å². The van der Waals surface area contributed by atoms with Crippen LogP contribution in [0.1, 0.15) is 0 Å². The molecule has 4 aromatic rings. The van der Waals surface area contributed by atoms with Crippen LogP contribution in [0.2, 0.25) is 10.0 Å². The molecule has 0 saturated heterocycles. The van der Waals surface area contributed by atoms with Crippen molar-refractivity contribution in [2.45, 2.75) is 0 Å². The van der Waals surface area contributed by atoms with Crippen molar-refractivity contribution in [2.24, 2.45) is 0 Å². The molecule has 0 radical (unpaired) electrons. The largest absolute Gasteiger partial charge is 0.340 e. The monoisotopic (exact) mass is 385 g/mol. The summed E-state index contributed by atoms with van der Waals surface area (Å²) in [6.45, 7) is 0. The van der Waals surface area contributed by atoms with Crippen molar-refractivity contribution >= 4 is 45.6 Å². The van der Waals surface area contributed by atoms with Gasteiger partial charge in [0.15, 0.2) is 5.82 Å². The van der Waals surface area contributed by atoms with Gasteiger partial charge in [-0.1, -0.05) is 23.2 Å². The highest BCUT2D eigenvalue weighted by molar-refractivity contribution is 6.31. The van der Waals surface area contributed by atoms with E-state index in [9.17, 15) is 4.39 Å². The fraction of sp³-hybridized carbons (Fsp3) is 0. The molecule has 2 aromatic heterocycles. The zero-order chi connectivity index (χ0) is 18.1. The number of fused-ring (bicyclic) bond motifs is 1. The lowest BCUT2D eigenvalue weighted by atomic mass is 10.2. The van der Waals surface area contributed by atoms with E-state index in [4.69, 9.17) is 23.2 Å². The predicted octanol–water partition coefficient (Wildman–Crippen LogP) is 5.28. The average Bonchev–Trinajstić information content (AvgIpc) is 2.65. The van der Waals surface area contributed by atoms with Gasteiger partial charge in [0.1, 0.15) is 17.3 Å². The van der Waals surface area contributed by atoms with E-state index < -0.39 is 5.82 Å². The summed E-state index contributed by atoms with van der Waals surface area (Å²) >= 11 is 12.0. The molecule has 0 spiro atoms. The zero-order valence-corrected chi connectivity index (χ0v) is 14.6. The Balaban J connectivity index is 1.87. The molecule has 4 rings (SSSR count). The highest BCUT2D eigenvalue weighted by Gasteiger charge is 2.12. The Morgan fingerprint density at radius 3 is 2.62 bits per heavy atom. The maximum absolute atomic E-state index is 13.4. The quantitative estimate of drug-likeness (QED) is 0.519. The molecule has 1 N–H and O–H groups in total. The first-order valence-electron chi connectivity index (χ1n) is 7.56. The molecular weight excluding hydrogens is 376 g/mol. The third-order valence-corrected chi connectivity index (χ3v) is 4.16. The lowest BCUT2D eigenvalue weighted by molar-refractivity contribution is 0.628. The van der Waals surface area contributed by atoms with E-state index in [1.807, 2.05) is 6.07 Å². The van der Waals surface area contributed by atoms with Crippen LogP contribution in [-0.4, -0.2) is 19.9 Å². The van der Waals surface area contributed by atoms with Crippen molar-refractivity contribution in [3.05, 3.63) is 70.9 Å². The van der Waals surface area contributed by atoms with Gasteiger partial charge in [-0.2, -0.15) is 0 Å². The Bertz CT molecular complexity index is 1110. The lowest BCUT2D eigenvalue weighted by Crippen LogP contribution is -2.00. The van der Waals surface area contributed by atoms with Crippen molar-refractivity contribution in [2.75, 3.05) is 5.32 Å². The number of benzene rings is 2. The van der Waals surface area contributed by atoms with Crippen molar-refractivity contribution in [1.82, 2.24) is 19.9 Å². The van der Waals surface area contributed by atoms with Gasteiger partial charge in [0.05, 0.1) is 16.7 Å². The highest BCUT2D eigenvalue weighted by atomic mass is 35.5. The Labute approximate surface area is 157 Å². The van der Waals surface area contributed by atoms with Gasteiger partial charge in [-0.05, 0) is 36.4 Å². The maximum atomic E-state index is 13.4.